The molecule has 1 aromatic heterocycles. The number of carbonyl (C=O) groups is 3. The van der Waals surface area contributed by atoms with Gasteiger partial charge in [0.15, 0.2) is 22.7 Å². The molecule has 0 N–H and O–H groups in total. The molecule has 4 fully saturated rings. The van der Waals surface area contributed by atoms with Gasteiger partial charge < -0.3 is 23.7 Å². The summed E-state index contributed by atoms with van der Waals surface area (Å²) in [5.74, 6) is -0.652. The Morgan fingerprint density at radius 2 is 1.75 bits per heavy atom. The first kappa shape index (κ1) is 35.8. The van der Waals surface area contributed by atoms with E-state index in [1.807, 2.05) is 27.7 Å². The molecule has 3 saturated carbocycles. The third-order valence-electron chi connectivity index (χ3n) is 13.0. The predicted octanol–water partition coefficient (Wildman–Crippen LogP) is 7.08. The molecule has 2 aromatic rings. The van der Waals surface area contributed by atoms with E-state index in [-0.39, 0.29) is 36.5 Å². The van der Waals surface area contributed by atoms with Crippen molar-refractivity contribution in [3.05, 3.63) is 64.0 Å². The number of Topliss-reactive ketones (excluding diaryl/α,β-unsaturated/α-hetero) is 1. The van der Waals surface area contributed by atoms with Crippen LogP contribution in [0.15, 0.2) is 52.3 Å². The average molecular weight is 749 g/mol. The fraction of sp³-hybridized carbons (Fsp3) is 0.535. The number of nitrogens with zero attached hydrogens (tertiary/aromatic N) is 4. The minimum atomic E-state index is -1.51. The van der Waals surface area contributed by atoms with Crippen molar-refractivity contribution in [2.24, 2.45) is 22.7 Å². The van der Waals surface area contributed by atoms with Crippen molar-refractivity contribution in [1.29, 1.82) is 0 Å². The van der Waals surface area contributed by atoms with Gasteiger partial charge in [-0.1, -0.05) is 29.4 Å². The number of carbonyl (C=O) groups excluding carboxylic acids is 3. The molecule has 1 saturated heterocycles. The van der Waals surface area contributed by atoms with Crippen LogP contribution >= 0.6 is 0 Å². The quantitative estimate of drug-likeness (QED) is 0.119. The summed E-state index contributed by atoms with van der Waals surface area (Å²) in [5, 5.41) is 4.78. The number of benzene rings is 1. The van der Waals surface area contributed by atoms with Crippen LogP contribution in [0.4, 0.5) is 5.95 Å². The molecule has 0 amide bonds. The number of aliphatic imine (C=N–C) groups is 1. The Hall–Kier alpha value is -4.84. The normalized spacial score (nSPS) is 32.3. The maximum Gasteiger partial charge on any atom is 0.333 e. The highest BCUT2D eigenvalue weighted by Crippen LogP contribution is 2.73. The topological polar surface area (TPSA) is 140 Å². The first-order chi connectivity index (χ1) is 26.0. The monoisotopic (exact) mass is 748 g/mol. The first-order valence-corrected chi connectivity index (χ1v) is 19.3. The fourth-order valence-corrected chi connectivity index (χ4v) is 10.8. The summed E-state index contributed by atoms with van der Waals surface area (Å²) >= 11 is 0. The lowest BCUT2D eigenvalue weighted by atomic mass is 9.44. The van der Waals surface area contributed by atoms with Crippen molar-refractivity contribution in [2.45, 2.75) is 122 Å². The van der Waals surface area contributed by atoms with Crippen LogP contribution in [0.25, 0.3) is 5.57 Å². The molecule has 7 unspecified atom stereocenters. The summed E-state index contributed by atoms with van der Waals surface area (Å²) in [6.07, 6.45) is 12.4. The fourth-order valence-electron chi connectivity index (χ4n) is 10.8. The van der Waals surface area contributed by atoms with Crippen molar-refractivity contribution < 1.29 is 38.1 Å². The zero-order valence-electron chi connectivity index (χ0n) is 33.0. The SMILES string of the molecule is COC(=O)C(C)=CCC12OC(C)(C)C3CC(C1=O)C1C4C(=Nc5ncn1n5)c1c(c(CC=C(C)C)c5c6c1OC(=O)CC6=CC(C)(CCC=C(C)C)O5)OC432. The standard InChI is InChI=1S/C43H48N4O8/c1-21(2)11-10-15-41(8)19-24-17-28(48)52-36-29(24)34(53-41)25(13-12-22(3)4)35-30(36)32-31-33(47-20-44-39(45-32)46-47)26-18-27-40(6,7)55-42(37(26)49,43(27,31)54-35)16-14-23(5)38(50)51-9/h11-12,14,19-20,26-27,31,33H,10,13,15-18H2,1-9H3. The number of methoxy groups -OCH3 is 1. The zero-order chi connectivity index (χ0) is 39.0. The summed E-state index contributed by atoms with van der Waals surface area (Å²) < 4.78 is 35.1. The molecular weight excluding hydrogens is 700 g/mol. The Morgan fingerprint density at radius 3 is 2.47 bits per heavy atom. The van der Waals surface area contributed by atoms with E-state index in [9.17, 15) is 9.59 Å². The van der Waals surface area contributed by atoms with Crippen molar-refractivity contribution in [3.8, 4) is 17.2 Å². The van der Waals surface area contributed by atoms with Gasteiger partial charge in [-0.2, -0.15) is 4.98 Å². The second-order valence-electron chi connectivity index (χ2n) is 17.5. The molecule has 1 spiro atoms. The summed E-state index contributed by atoms with van der Waals surface area (Å²) in [4.78, 5) is 51.4. The van der Waals surface area contributed by atoms with Gasteiger partial charge in [0, 0.05) is 29.4 Å². The second kappa shape index (κ2) is 11.8. The maximum atomic E-state index is 15.3. The molecule has 0 radical (unpaired) electrons. The zero-order valence-corrected chi connectivity index (χ0v) is 33.0. The highest BCUT2D eigenvalue weighted by Gasteiger charge is 2.85. The van der Waals surface area contributed by atoms with Gasteiger partial charge in [-0.3, -0.25) is 9.59 Å². The van der Waals surface area contributed by atoms with E-state index in [2.05, 4.69) is 44.0 Å². The number of hydrogen-bond acceptors (Lipinski definition) is 11. The van der Waals surface area contributed by atoms with Crippen LogP contribution in [0.5, 0.6) is 17.2 Å². The molecule has 10 rings (SSSR count). The molecule has 5 aliphatic heterocycles. The Bertz CT molecular complexity index is 2270. The number of ether oxygens (including phenoxy) is 5. The van der Waals surface area contributed by atoms with E-state index in [0.717, 1.165) is 28.7 Å². The van der Waals surface area contributed by atoms with Gasteiger partial charge in [0.1, 0.15) is 23.4 Å². The van der Waals surface area contributed by atoms with Crippen LogP contribution in [-0.4, -0.2) is 67.7 Å². The van der Waals surface area contributed by atoms with E-state index >= 15 is 4.79 Å². The Kier molecular flexibility index (Phi) is 7.71. The van der Waals surface area contributed by atoms with Gasteiger partial charge in [-0.05, 0) is 92.7 Å². The molecular formula is C43H48N4O8. The van der Waals surface area contributed by atoms with Gasteiger partial charge in [-0.15, -0.1) is 5.10 Å². The number of hydrogen-bond donors (Lipinski definition) is 0. The lowest BCUT2D eigenvalue weighted by Crippen LogP contribution is -2.78. The van der Waals surface area contributed by atoms with Crippen molar-refractivity contribution >= 4 is 35.0 Å². The van der Waals surface area contributed by atoms with Gasteiger partial charge in [0.05, 0.1) is 47.9 Å². The van der Waals surface area contributed by atoms with Crippen LogP contribution < -0.4 is 14.2 Å². The number of rotatable bonds is 8. The summed E-state index contributed by atoms with van der Waals surface area (Å²) in [6, 6.07) is -0.496. The van der Waals surface area contributed by atoms with Crippen LogP contribution in [0.3, 0.4) is 0 Å². The van der Waals surface area contributed by atoms with Gasteiger partial charge in [0.2, 0.25) is 0 Å². The third-order valence-corrected chi connectivity index (χ3v) is 13.0. The Morgan fingerprint density at radius 1 is 1.00 bits per heavy atom. The summed E-state index contributed by atoms with van der Waals surface area (Å²) in [7, 11) is 1.34. The van der Waals surface area contributed by atoms with Crippen molar-refractivity contribution in [2.75, 3.05) is 7.11 Å². The number of esters is 2. The van der Waals surface area contributed by atoms with Gasteiger partial charge >= 0.3 is 11.9 Å². The molecule has 7 atom stereocenters. The Labute approximate surface area is 320 Å². The van der Waals surface area contributed by atoms with Gasteiger partial charge in [-0.25, -0.2) is 14.5 Å². The lowest BCUT2D eigenvalue weighted by Gasteiger charge is -2.63. The predicted molar refractivity (Wildman–Crippen MR) is 202 cm³/mol. The number of fused-ring (bicyclic) bond motifs is 5. The van der Waals surface area contributed by atoms with E-state index in [4.69, 9.17) is 33.8 Å². The molecule has 12 heteroatoms. The highest BCUT2D eigenvalue weighted by molar-refractivity contribution is 6.15. The van der Waals surface area contributed by atoms with Crippen LogP contribution in [0, 0.1) is 17.8 Å². The smallest absolute Gasteiger partial charge is 0.333 e. The highest BCUT2D eigenvalue weighted by atomic mass is 16.6. The minimum Gasteiger partial charge on any atom is -0.482 e. The van der Waals surface area contributed by atoms with Crippen molar-refractivity contribution in [3.63, 3.8) is 0 Å². The summed E-state index contributed by atoms with van der Waals surface area (Å²) in [6.45, 7) is 16.0. The molecule has 8 aliphatic rings. The average Bonchev–Trinajstić information content (AvgIpc) is 3.56. The van der Waals surface area contributed by atoms with Crippen molar-refractivity contribution in [1.82, 2.24) is 14.8 Å². The largest absolute Gasteiger partial charge is 0.482 e. The number of aromatic nitrogens is 3. The summed E-state index contributed by atoms with van der Waals surface area (Å²) in [5.41, 5.74) is 1.88. The molecule has 12 nitrogen and oxygen atoms in total. The second-order valence-corrected chi connectivity index (χ2v) is 17.5. The minimum absolute atomic E-state index is 0.0821. The van der Waals surface area contributed by atoms with E-state index in [1.54, 1.807) is 24.0 Å². The molecule has 3 aliphatic carbocycles. The molecule has 6 heterocycles. The Balaban J connectivity index is 1.36. The van der Waals surface area contributed by atoms with Gasteiger partial charge in [0.25, 0.3) is 5.95 Å². The third kappa shape index (κ3) is 4.85. The maximum absolute atomic E-state index is 15.3. The van der Waals surface area contributed by atoms with Crippen LogP contribution in [0.1, 0.15) is 110 Å². The molecule has 288 valence electrons. The first-order valence-electron chi connectivity index (χ1n) is 19.3. The molecule has 55 heavy (non-hydrogen) atoms. The van der Waals surface area contributed by atoms with E-state index in [0.29, 0.717) is 53.4 Å². The van der Waals surface area contributed by atoms with Crippen LogP contribution in [0.2, 0.25) is 0 Å². The van der Waals surface area contributed by atoms with E-state index < -0.39 is 46.3 Å². The lowest BCUT2D eigenvalue weighted by molar-refractivity contribution is -0.206. The number of ketones is 1. The number of allylic oxidation sites excluding steroid dienone is 4. The molecule has 6 bridgehead atoms. The van der Waals surface area contributed by atoms with Crippen LogP contribution in [-0.2, 0) is 30.3 Å². The van der Waals surface area contributed by atoms with E-state index in [1.165, 1.54) is 12.7 Å². The molecule has 1 aromatic carbocycles.